The zero-order valence-corrected chi connectivity index (χ0v) is 13.6. The van der Waals surface area contributed by atoms with Crippen molar-refractivity contribution >= 4 is 50.0 Å². The maximum absolute atomic E-state index is 13.7. The standard InChI is InChI=1S/C10H11BrClFN2O2S.ClH/c11-7-3-9(13)10(4-8(7)12)18(16,17)15-6-1-2-14-5-6;/h3-4,6,14-15H,1-2,5H2;1H. The average molecular weight is 394 g/mol. The molecular formula is C10H12BrCl2FN2O2S. The third-order valence-corrected chi connectivity index (χ3v) is 5.38. The summed E-state index contributed by atoms with van der Waals surface area (Å²) in [4.78, 5) is -0.428. The Bertz CT molecular complexity index is 565. The van der Waals surface area contributed by atoms with Crippen LogP contribution in [0.1, 0.15) is 6.42 Å². The smallest absolute Gasteiger partial charge is 0.243 e. The van der Waals surface area contributed by atoms with Gasteiger partial charge in [-0.15, -0.1) is 12.4 Å². The van der Waals surface area contributed by atoms with E-state index in [9.17, 15) is 12.8 Å². The molecule has 9 heteroatoms. The second-order valence-electron chi connectivity index (χ2n) is 4.01. The van der Waals surface area contributed by atoms with Crippen molar-refractivity contribution in [3.63, 3.8) is 0 Å². The van der Waals surface area contributed by atoms with Crippen molar-refractivity contribution in [2.24, 2.45) is 0 Å². The maximum Gasteiger partial charge on any atom is 0.243 e. The summed E-state index contributed by atoms with van der Waals surface area (Å²) in [5.74, 6) is -0.829. The average Bonchev–Trinajstić information content (AvgIpc) is 2.75. The first-order valence-corrected chi connectivity index (χ1v) is 7.93. The van der Waals surface area contributed by atoms with Crippen LogP contribution in [0.3, 0.4) is 0 Å². The third kappa shape index (κ3) is 4.03. The van der Waals surface area contributed by atoms with Gasteiger partial charge in [0.2, 0.25) is 10.0 Å². The number of sulfonamides is 1. The van der Waals surface area contributed by atoms with Gasteiger partial charge >= 0.3 is 0 Å². The highest BCUT2D eigenvalue weighted by Crippen LogP contribution is 2.28. The molecule has 108 valence electrons. The van der Waals surface area contributed by atoms with Gasteiger partial charge in [-0.2, -0.15) is 0 Å². The second kappa shape index (κ2) is 6.69. The van der Waals surface area contributed by atoms with Gasteiger partial charge in [0.1, 0.15) is 10.7 Å². The molecule has 0 saturated carbocycles. The van der Waals surface area contributed by atoms with Crippen molar-refractivity contribution in [3.05, 3.63) is 27.4 Å². The molecule has 1 aliphatic rings. The Morgan fingerprint density at radius 3 is 2.74 bits per heavy atom. The monoisotopic (exact) mass is 392 g/mol. The first kappa shape index (κ1) is 17.1. The van der Waals surface area contributed by atoms with E-state index in [4.69, 9.17) is 11.6 Å². The molecule has 19 heavy (non-hydrogen) atoms. The molecule has 1 saturated heterocycles. The Kier molecular flexibility index (Phi) is 6.03. The lowest BCUT2D eigenvalue weighted by Crippen LogP contribution is -2.36. The summed E-state index contributed by atoms with van der Waals surface area (Å²) in [7, 11) is -3.88. The lowest BCUT2D eigenvalue weighted by atomic mass is 10.3. The van der Waals surface area contributed by atoms with E-state index >= 15 is 0 Å². The van der Waals surface area contributed by atoms with Crippen molar-refractivity contribution in [3.8, 4) is 0 Å². The first-order chi connectivity index (χ1) is 8.40. The minimum absolute atomic E-state index is 0. The van der Waals surface area contributed by atoms with Crippen LogP contribution in [0, 0.1) is 5.82 Å². The Morgan fingerprint density at radius 1 is 1.47 bits per heavy atom. The summed E-state index contributed by atoms with van der Waals surface area (Å²) in [6.07, 6.45) is 0.686. The zero-order chi connectivity index (χ0) is 13.3. The molecule has 1 aromatic carbocycles. The van der Waals surface area contributed by atoms with Crippen LogP contribution < -0.4 is 10.0 Å². The van der Waals surface area contributed by atoms with Crippen molar-refractivity contribution < 1.29 is 12.8 Å². The van der Waals surface area contributed by atoms with E-state index in [1.54, 1.807) is 0 Å². The fraction of sp³-hybridized carbons (Fsp3) is 0.400. The van der Waals surface area contributed by atoms with E-state index in [0.717, 1.165) is 18.7 Å². The van der Waals surface area contributed by atoms with Crippen LogP contribution in [0.25, 0.3) is 0 Å². The minimum atomic E-state index is -3.88. The molecule has 4 nitrogen and oxygen atoms in total. The molecule has 0 radical (unpaired) electrons. The maximum atomic E-state index is 13.7. The van der Waals surface area contributed by atoms with E-state index in [2.05, 4.69) is 26.0 Å². The fourth-order valence-electron chi connectivity index (χ4n) is 1.75. The van der Waals surface area contributed by atoms with Crippen molar-refractivity contribution in [2.75, 3.05) is 13.1 Å². The number of nitrogens with one attached hydrogen (secondary N) is 2. The molecular weight excluding hydrogens is 382 g/mol. The van der Waals surface area contributed by atoms with Gasteiger partial charge in [0.05, 0.1) is 5.02 Å². The molecule has 1 aromatic rings. The Hall–Kier alpha value is 0.0800. The molecule has 2 rings (SSSR count). The van der Waals surface area contributed by atoms with Crippen LogP contribution in [-0.4, -0.2) is 27.5 Å². The SMILES string of the molecule is Cl.O=S(=O)(NC1CCNC1)c1cc(Cl)c(Br)cc1F. The third-order valence-electron chi connectivity index (χ3n) is 2.65. The quantitative estimate of drug-likeness (QED) is 0.774. The van der Waals surface area contributed by atoms with Crippen LogP contribution in [0.15, 0.2) is 21.5 Å². The summed E-state index contributed by atoms with van der Waals surface area (Å²) in [6.45, 7) is 1.29. The Labute approximate surface area is 130 Å². The molecule has 0 aliphatic carbocycles. The Morgan fingerprint density at radius 2 is 2.16 bits per heavy atom. The minimum Gasteiger partial charge on any atom is -0.315 e. The highest BCUT2D eigenvalue weighted by molar-refractivity contribution is 9.10. The fourth-order valence-corrected chi connectivity index (χ4v) is 3.65. The number of benzene rings is 1. The molecule has 0 aromatic heterocycles. The van der Waals surface area contributed by atoms with Gasteiger partial charge < -0.3 is 5.32 Å². The van der Waals surface area contributed by atoms with E-state index < -0.39 is 20.7 Å². The van der Waals surface area contributed by atoms with Gasteiger partial charge in [-0.05, 0) is 41.0 Å². The van der Waals surface area contributed by atoms with Crippen molar-refractivity contribution in [1.82, 2.24) is 10.0 Å². The Balaban J connectivity index is 0.00000180. The van der Waals surface area contributed by atoms with Crippen molar-refractivity contribution in [2.45, 2.75) is 17.4 Å². The zero-order valence-electron chi connectivity index (χ0n) is 9.62. The van der Waals surface area contributed by atoms with Gasteiger partial charge in [-0.1, -0.05) is 11.6 Å². The van der Waals surface area contributed by atoms with E-state index in [-0.39, 0.29) is 23.5 Å². The molecule has 2 N–H and O–H groups in total. The molecule has 0 spiro atoms. The highest BCUT2D eigenvalue weighted by Gasteiger charge is 2.26. The summed E-state index contributed by atoms with van der Waals surface area (Å²) >= 11 is 8.83. The molecule has 0 amide bonds. The molecule has 1 heterocycles. The van der Waals surface area contributed by atoms with Crippen LogP contribution in [0.5, 0.6) is 0 Å². The highest BCUT2D eigenvalue weighted by atomic mass is 79.9. The van der Waals surface area contributed by atoms with Crippen LogP contribution in [0.2, 0.25) is 5.02 Å². The van der Waals surface area contributed by atoms with Gasteiger partial charge in [-0.25, -0.2) is 17.5 Å². The number of rotatable bonds is 3. The topological polar surface area (TPSA) is 58.2 Å². The number of hydrogen-bond acceptors (Lipinski definition) is 3. The van der Waals surface area contributed by atoms with E-state index in [1.165, 1.54) is 0 Å². The lowest BCUT2D eigenvalue weighted by molar-refractivity contribution is 0.542. The normalized spacial score (nSPS) is 19.2. The summed E-state index contributed by atoms with van der Waals surface area (Å²) in [6, 6.07) is 1.94. The summed E-state index contributed by atoms with van der Waals surface area (Å²) in [5, 5.41) is 3.18. The molecule has 1 unspecified atom stereocenters. The van der Waals surface area contributed by atoms with Crippen LogP contribution in [-0.2, 0) is 10.0 Å². The predicted molar refractivity (Wildman–Crippen MR) is 78.0 cm³/mol. The largest absolute Gasteiger partial charge is 0.315 e. The molecule has 1 atom stereocenters. The molecule has 1 fully saturated rings. The van der Waals surface area contributed by atoms with E-state index in [0.29, 0.717) is 17.4 Å². The van der Waals surface area contributed by atoms with Crippen molar-refractivity contribution in [1.29, 1.82) is 0 Å². The van der Waals surface area contributed by atoms with E-state index in [1.807, 2.05) is 0 Å². The predicted octanol–water partition coefficient (Wildman–Crippen LogP) is 2.30. The van der Waals surface area contributed by atoms with Gasteiger partial charge in [0.15, 0.2) is 0 Å². The second-order valence-corrected chi connectivity index (χ2v) is 6.95. The lowest BCUT2D eigenvalue weighted by Gasteiger charge is -2.13. The summed E-state index contributed by atoms with van der Waals surface area (Å²) in [5.41, 5.74) is 0. The van der Waals surface area contributed by atoms with Gasteiger partial charge in [0, 0.05) is 17.1 Å². The first-order valence-electron chi connectivity index (χ1n) is 5.28. The summed E-state index contributed by atoms with van der Waals surface area (Å²) < 4.78 is 40.5. The molecule has 0 bridgehead atoms. The van der Waals surface area contributed by atoms with Gasteiger partial charge in [-0.3, -0.25) is 0 Å². The molecule has 1 aliphatic heterocycles. The number of hydrogen-bond donors (Lipinski definition) is 2. The van der Waals surface area contributed by atoms with Gasteiger partial charge in [0.25, 0.3) is 0 Å². The van der Waals surface area contributed by atoms with Crippen LogP contribution in [0.4, 0.5) is 4.39 Å². The number of halogens is 4. The van der Waals surface area contributed by atoms with Crippen LogP contribution >= 0.6 is 39.9 Å².